The normalized spacial score (nSPS) is 12.3. The van der Waals surface area contributed by atoms with E-state index in [1.54, 1.807) is 3.58 Å². The van der Waals surface area contributed by atoms with Gasteiger partial charge in [0.15, 0.2) is 0 Å². The summed E-state index contributed by atoms with van der Waals surface area (Å²) in [5, 5.41) is 2.37. The third kappa shape index (κ3) is 6.40. The van der Waals surface area contributed by atoms with Gasteiger partial charge in [0.2, 0.25) is 0 Å². The fourth-order valence-corrected chi connectivity index (χ4v) is 22.5. The van der Waals surface area contributed by atoms with Crippen LogP contribution in [0.3, 0.4) is 0 Å². The first-order chi connectivity index (χ1) is 16.8. The zero-order valence-electron chi connectivity index (χ0n) is 23.0. The standard InChI is InChI=1S/C21H19O.3C4H9.Sn/c1-21(2,3)20(22)19-17-12-8-7-11-16(17)13-14-18(19)15-9-5-4-6-10-15;3*1-3-4-2;/h4-13H,1-3H3;3*1,3-4H2,2H3;. The molecular formula is C33H46OSn. The third-order valence-corrected chi connectivity index (χ3v) is 23.2. The Morgan fingerprint density at radius 2 is 1.26 bits per heavy atom. The number of unbranched alkanes of at least 4 members (excludes halogenated alkanes) is 3. The maximum absolute atomic E-state index is 14.2. The van der Waals surface area contributed by atoms with E-state index in [0.29, 0.717) is 0 Å². The number of fused-ring (bicyclic) bond motifs is 1. The number of benzene rings is 3. The van der Waals surface area contributed by atoms with Crippen molar-refractivity contribution in [3.8, 4) is 11.1 Å². The number of ketones is 1. The van der Waals surface area contributed by atoms with Gasteiger partial charge in [-0.3, -0.25) is 0 Å². The van der Waals surface area contributed by atoms with Crippen LogP contribution >= 0.6 is 0 Å². The Balaban J connectivity index is 2.49. The van der Waals surface area contributed by atoms with Crippen molar-refractivity contribution in [3.63, 3.8) is 0 Å². The van der Waals surface area contributed by atoms with Crippen LogP contribution in [-0.2, 0) is 0 Å². The molecule has 35 heavy (non-hydrogen) atoms. The van der Waals surface area contributed by atoms with E-state index in [0.717, 1.165) is 10.9 Å². The van der Waals surface area contributed by atoms with Crippen molar-refractivity contribution in [2.45, 2.75) is 93.4 Å². The van der Waals surface area contributed by atoms with Gasteiger partial charge in [-0.25, -0.2) is 0 Å². The number of carbonyl (C=O) groups excluding carboxylic acids is 1. The molecule has 0 aliphatic heterocycles. The summed E-state index contributed by atoms with van der Waals surface area (Å²) in [5.74, 6) is 0.274. The summed E-state index contributed by atoms with van der Waals surface area (Å²) in [5.41, 5.74) is 3.05. The second-order valence-corrected chi connectivity index (χ2v) is 24.6. The second kappa shape index (κ2) is 12.6. The minimum atomic E-state index is -2.87. The van der Waals surface area contributed by atoms with Crippen LogP contribution < -0.4 is 3.58 Å². The summed E-state index contributed by atoms with van der Waals surface area (Å²) in [6, 6.07) is 22.0. The zero-order valence-corrected chi connectivity index (χ0v) is 25.9. The van der Waals surface area contributed by atoms with Crippen molar-refractivity contribution >= 4 is 38.5 Å². The maximum atomic E-state index is 14.2. The van der Waals surface area contributed by atoms with Gasteiger partial charge in [-0.1, -0.05) is 0 Å². The molecule has 0 bridgehead atoms. The monoisotopic (exact) mass is 578 g/mol. The molecule has 0 saturated heterocycles. The Kier molecular flexibility index (Phi) is 10.0. The molecule has 0 fully saturated rings. The van der Waals surface area contributed by atoms with E-state index < -0.39 is 23.8 Å². The van der Waals surface area contributed by atoms with Gasteiger partial charge in [-0.2, -0.15) is 0 Å². The van der Waals surface area contributed by atoms with Gasteiger partial charge in [0, 0.05) is 0 Å². The van der Waals surface area contributed by atoms with Crippen molar-refractivity contribution in [3.05, 3.63) is 66.2 Å². The topological polar surface area (TPSA) is 17.1 Å². The molecule has 0 aliphatic rings. The van der Waals surface area contributed by atoms with Gasteiger partial charge in [-0.15, -0.1) is 0 Å². The molecule has 188 valence electrons. The number of Topliss-reactive ketones (excluding diaryl/α,β-unsaturated/α-hetero) is 1. The van der Waals surface area contributed by atoms with Crippen LogP contribution in [0.5, 0.6) is 0 Å². The number of rotatable bonds is 12. The van der Waals surface area contributed by atoms with E-state index in [-0.39, 0.29) is 5.78 Å². The summed E-state index contributed by atoms with van der Waals surface area (Å²) in [4.78, 5) is 14.2. The van der Waals surface area contributed by atoms with Gasteiger partial charge >= 0.3 is 219 Å². The Bertz CT molecular complexity index is 1090. The van der Waals surface area contributed by atoms with Crippen LogP contribution in [0.25, 0.3) is 21.9 Å². The van der Waals surface area contributed by atoms with Crippen LogP contribution in [0.1, 0.15) is 90.4 Å². The van der Waals surface area contributed by atoms with Gasteiger partial charge in [0.05, 0.1) is 0 Å². The van der Waals surface area contributed by atoms with Crippen molar-refractivity contribution < 1.29 is 4.79 Å². The molecule has 0 N–H and O–H groups in total. The average Bonchev–Trinajstić information content (AvgIpc) is 2.87. The SMILES string of the molecule is CCC[CH2][Sn]([CH2]CCC)([CH2]CCC)[c]1cc2ccccc2c(C(=O)C(C)(C)C)c1-c1ccccc1. The van der Waals surface area contributed by atoms with E-state index in [2.05, 4.69) is 102 Å². The molecular weight excluding hydrogens is 531 g/mol. The van der Waals surface area contributed by atoms with Crippen molar-refractivity contribution in [2.75, 3.05) is 0 Å². The van der Waals surface area contributed by atoms with Gasteiger partial charge < -0.3 is 0 Å². The molecule has 1 nitrogen and oxygen atoms in total. The first-order valence-corrected chi connectivity index (χ1v) is 21.4. The summed E-state index contributed by atoms with van der Waals surface area (Å²) in [6.45, 7) is 13.2. The predicted octanol–water partition coefficient (Wildman–Crippen LogP) is 9.79. The first kappa shape index (κ1) is 28.0. The van der Waals surface area contributed by atoms with E-state index in [1.807, 2.05) is 0 Å². The van der Waals surface area contributed by atoms with E-state index in [9.17, 15) is 4.79 Å². The van der Waals surface area contributed by atoms with Crippen LogP contribution in [0.15, 0.2) is 60.7 Å². The number of hydrogen-bond acceptors (Lipinski definition) is 1. The van der Waals surface area contributed by atoms with Crippen LogP contribution in [-0.4, -0.2) is 24.2 Å². The fourth-order valence-electron chi connectivity index (χ4n) is 5.61. The zero-order chi connectivity index (χ0) is 25.5. The molecule has 0 saturated carbocycles. The Morgan fingerprint density at radius 1 is 0.743 bits per heavy atom. The Morgan fingerprint density at radius 3 is 1.77 bits per heavy atom. The molecule has 3 rings (SSSR count). The van der Waals surface area contributed by atoms with Crippen molar-refractivity contribution in [2.24, 2.45) is 5.41 Å². The van der Waals surface area contributed by atoms with Crippen LogP contribution in [0.4, 0.5) is 0 Å². The first-order valence-electron chi connectivity index (χ1n) is 14.0. The summed E-state index contributed by atoms with van der Waals surface area (Å²) in [7, 11) is 0. The summed E-state index contributed by atoms with van der Waals surface area (Å²) >= 11 is -2.87. The molecule has 2 heteroatoms. The van der Waals surface area contributed by atoms with E-state index in [4.69, 9.17) is 0 Å². The van der Waals surface area contributed by atoms with Crippen molar-refractivity contribution in [1.82, 2.24) is 0 Å². The molecule has 0 aliphatic carbocycles. The van der Waals surface area contributed by atoms with Gasteiger partial charge in [0.1, 0.15) is 0 Å². The summed E-state index contributed by atoms with van der Waals surface area (Å²) in [6.07, 6.45) is 7.68. The third-order valence-electron chi connectivity index (χ3n) is 7.62. The molecule has 3 aromatic carbocycles. The summed E-state index contributed by atoms with van der Waals surface area (Å²) < 4.78 is 5.80. The molecule has 0 heterocycles. The second-order valence-electron chi connectivity index (χ2n) is 11.4. The van der Waals surface area contributed by atoms with Gasteiger partial charge in [0.25, 0.3) is 0 Å². The van der Waals surface area contributed by atoms with E-state index in [1.165, 1.54) is 68.3 Å². The van der Waals surface area contributed by atoms with Crippen molar-refractivity contribution in [1.29, 1.82) is 0 Å². The molecule has 0 atom stereocenters. The van der Waals surface area contributed by atoms with E-state index >= 15 is 0 Å². The minimum absolute atomic E-state index is 0.274. The fraction of sp³-hybridized carbons (Fsp3) is 0.485. The van der Waals surface area contributed by atoms with Gasteiger partial charge in [-0.05, 0) is 0 Å². The Hall–Kier alpha value is -1.61. The average molecular weight is 577 g/mol. The Labute approximate surface area is 218 Å². The predicted molar refractivity (Wildman–Crippen MR) is 158 cm³/mol. The van der Waals surface area contributed by atoms with Crippen LogP contribution in [0, 0.1) is 5.41 Å². The molecule has 3 aromatic rings. The quantitative estimate of drug-likeness (QED) is 0.155. The molecule has 0 amide bonds. The van der Waals surface area contributed by atoms with Crippen LogP contribution in [0.2, 0.25) is 13.3 Å². The number of carbonyl (C=O) groups is 1. The molecule has 0 radical (unpaired) electrons. The molecule has 0 spiro atoms. The molecule has 0 aromatic heterocycles. The molecule has 0 unspecified atom stereocenters. The number of hydrogen-bond donors (Lipinski definition) is 0.